The first kappa shape index (κ1) is 13.7. The average Bonchev–Trinajstić information content (AvgIpc) is 2.64. The summed E-state index contributed by atoms with van der Waals surface area (Å²) in [4.78, 5) is 25.3. The molecule has 0 fully saturated rings. The zero-order chi connectivity index (χ0) is 14.2. The number of hydrogen-bond donors (Lipinski definition) is 0. The molecule has 0 spiro atoms. The molecule has 0 aliphatic carbocycles. The van der Waals surface area contributed by atoms with E-state index in [0.717, 1.165) is 0 Å². The van der Waals surface area contributed by atoms with Gasteiger partial charge >= 0.3 is 5.97 Å². The molecule has 100 valence electrons. The fourth-order valence-corrected chi connectivity index (χ4v) is 2.54. The molecule has 1 aromatic rings. The molecule has 0 saturated carbocycles. The van der Waals surface area contributed by atoms with Gasteiger partial charge < -0.3 is 9.64 Å². The van der Waals surface area contributed by atoms with Crippen LogP contribution >= 0.6 is 15.9 Å². The van der Waals surface area contributed by atoms with Gasteiger partial charge in [0.15, 0.2) is 0 Å². The number of esters is 1. The monoisotopic (exact) mass is 327 g/mol. The van der Waals surface area contributed by atoms with Crippen molar-refractivity contribution in [2.24, 2.45) is 0 Å². The predicted octanol–water partition coefficient (Wildman–Crippen LogP) is 2.12. The maximum Gasteiger partial charge on any atom is 0.335 e. The first-order valence-electron chi connectivity index (χ1n) is 5.46. The zero-order valence-electron chi connectivity index (χ0n) is 10.4. The normalized spacial score (nSPS) is 16.4. The predicted molar refractivity (Wildman–Crippen MR) is 72.5 cm³/mol. The van der Waals surface area contributed by atoms with Crippen LogP contribution in [-0.4, -0.2) is 31.4 Å². The van der Waals surface area contributed by atoms with Crippen molar-refractivity contribution in [2.45, 2.75) is 0 Å². The minimum atomic E-state index is -0.606. The Labute approximate surface area is 118 Å². The topological polar surface area (TPSA) is 46.6 Å². The third-order valence-electron chi connectivity index (χ3n) is 2.97. The maximum atomic E-state index is 13.4. The third kappa shape index (κ3) is 2.16. The summed E-state index contributed by atoms with van der Waals surface area (Å²) in [7, 11) is 2.82. The van der Waals surface area contributed by atoms with Gasteiger partial charge in [0.25, 0.3) is 5.91 Å². The number of amides is 1. The van der Waals surface area contributed by atoms with Gasteiger partial charge in [0.05, 0.1) is 23.9 Å². The second-order valence-corrected chi connectivity index (χ2v) is 4.57. The van der Waals surface area contributed by atoms with Gasteiger partial charge in [0, 0.05) is 17.9 Å². The number of carbonyl (C=O) groups is 2. The average molecular weight is 328 g/mol. The van der Waals surface area contributed by atoms with Gasteiger partial charge in [-0.25, -0.2) is 9.18 Å². The number of methoxy groups -OCH3 is 1. The van der Waals surface area contributed by atoms with Crippen LogP contribution in [0.5, 0.6) is 0 Å². The highest BCUT2D eigenvalue weighted by atomic mass is 79.9. The van der Waals surface area contributed by atoms with E-state index >= 15 is 0 Å². The molecule has 0 radical (unpaired) electrons. The van der Waals surface area contributed by atoms with Gasteiger partial charge in [-0.05, 0) is 18.2 Å². The summed E-state index contributed by atoms with van der Waals surface area (Å²) >= 11 is 3.16. The largest absolute Gasteiger partial charge is 0.466 e. The van der Waals surface area contributed by atoms with Crippen LogP contribution in [0.25, 0.3) is 5.57 Å². The second-order valence-electron chi connectivity index (χ2n) is 4.00. The minimum Gasteiger partial charge on any atom is -0.466 e. The molecule has 6 heteroatoms. The van der Waals surface area contributed by atoms with E-state index in [2.05, 4.69) is 20.7 Å². The van der Waals surface area contributed by atoms with Crippen molar-refractivity contribution in [1.82, 2.24) is 0 Å². The van der Waals surface area contributed by atoms with Crippen molar-refractivity contribution in [3.63, 3.8) is 0 Å². The van der Waals surface area contributed by atoms with E-state index in [1.54, 1.807) is 7.05 Å². The van der Waals surface area contributed by atoms with Crippen LogP contribution in [-0.2, 0) is 14.3 Å². The Bertz CT molecular complexity index is 598. The van der Waals surface area contributed by atoms with Crippen molar-refractivity contribution >= 4 is 39.1 Å². The Kier molecular flexibility index (Phi) is 3.71. The van der Waals surface area contributed by atoms with Crippen LogP contribution < -0.4 is 4.90 Å². The summed E-state index contributed by atoms with van der Waals surface area (Å²) < 4.78 is 18.0. The molecular weight excluding hydrogens is 317 g/mol. The lowest BCUT2D eigenvalue weighted by molar-refractivity contribution is -0.136. The molecule has 0 saturated heterocycles. The highest BCUT2D eigenvalue weighted by molar-refractivity contribution is 9.09. The van der Waals surface area contributed by atoms with Crippen molar-refractivity contribution < 1.29 is 18.7 Å². The number of likely N-dealkylation sites (N-methyl/N-ethyl adjacent to an activating group) is 1. The zero-order valence-corrected chi connectivity index (χ0v) is 12.0. The lowest BCUT2D eigenvalue weighted by atomic mass is 10.0. The number of carbonyl (C=O) groups excluding carboxylic acids is 2. The van der Waals surface area contributed by atoms with Crippen molar-refractivity contribution in [1.29, 1.82) is 0 Å². The van der Waals surface area contributed by atoms with E-state index < -0.39 is 11.8 Å². The summed E-state index contributed by atoms with van der Waals surface area (Å²) in [5.74, 6) is -1.41. The Balaban J connectivity index is 2.72. The van der Waals surface area contributed by atoms with Gasteiger partial charge in [-0.2, -0.15) is 0 Å². The van der Waals surface area contributed by atoms with Gasteiger partial charge in [-0.15, -0.1) is 0 Å². The summed E-state index contributed by atoms with van der Waals surface area (Å²) in [5.41, 5.74) is 1.35. The lowest BCUT2D eigenvalue weighted by Crippen LogP contribution is -2.22. The number of rotatable bonds is 2. The quantitative estimate of drug-likeness (QED) is 0.475. The van der Waals surface area contributed by atoms with E-state index in [0.29, 0.717) is 11.3 Å². The molecule has 4 nitrogen and oxygen atoms in total. The van der Waals surface area contributed by atoms with Crippen molar-refractivity contribution in [3.8, 4) is 0 Å². The second kappa shape index (κ2) is 5.13. The van der Waals surface area contributed by atoms with Crippen LogP contribution in [0.2, 0.25) is 0 Å². The molecule has 0 bridgehead atoms. The van der Waals surface area contributed by atoms with Crippen molar-refractivity contribution in [3.05, 3.63) is 35.2 Å². The van der Waals surface area contributed by atoms with E-state index in [4.69, 9.17) is 0 Å². The Hall–Kier alpha value is -1.69. The Morgan fingerprint density at radius 3 is 2.74 bits per heavy atom. The van der Waals surface area contributed by atoms with E-state index in [1.165, 1.54) is 30.2 Å². The molecule has 0 N–H and O–H groups in total. The number of nitrogens with zero attached hydrogens (tertiary/aromatic N) is 1. The first-order chi connectivity index (χ1) is 9.01. The summed E-state index contributed by atoms with van der Waals surface area (Å²) in [5, 5.41) is 0.157. The van der Waals surface area contributed by atoms with Crippen LogP contribution in [0.15, 0.2) is 23.8 Å². The molecule has 0 unspecified atom stereocenters. The number of hydrogen-bond acceptors (Lipinski definition) is 3. The van der Waals surface area contributed by atoms with Crippen LogP contribution in [0.1, 0.15) is 5.56 Å². The summed E-state index contributed by atoms with van der Waals surface area (Å²) in [6.07, 6.45) is 0. The SMILES string of the molecule is COC(=O)/C(CBr)=C1/C(=O)N(C)c2ccc(F)cc21. The maximum absolute atomic E-state index is 13.4. The van der Waals surface area contributed by atoms with Crippen molar-refractivity contribution in [2.75, 3.05) is 24.4 Å². The molecule has 1 aromatic carbocycles. The summed E-state index contributed by atoms with van der Waals surface area (Å²) in [6.45, 7) is 0. The smallest absolute Gasteiger partial charge is 0.335 e. The standard InChI is InChI=1S/C13H11BrFNO3/c1-16-10-4-3-7(15)5-8(10)11(12(16)17)9(6-14)13(18)19-2/h3-5H,6H2,1-2H3/b11-9+. The van der Waals surface area contributed by atoms with Crippen LogP contribution in [0, 0.1) is 5.82 Å². The van der Waals surface area contributed by atoms with E-state index in [1.807, 2.05) is 0 Å². The molecule has 2 rings (SSSR count). The summed E-state index contributed by atoms with van der Waals surface area (Å²) in [6, 6.07) is 4.04. The lowest BCUT2D eigenvalue weighted by Gasteiger charge is -2.08. The fraction of sp³-hybridized carbons (Fsp3) is 0.231. The van der Waals surface area contributed by atoms with Crippen LogP contribution in [0.4, 0.5) is 10.1 Å². The van der Waals surface area contributed by atoms with E-state index in [-0.39, 0.29) is 22.4 Å². The Morgan fingerprint density at radius 1 is 1.47 bits per heavy atom. The number of alkyl halides is 1. The third-order valence-corrected chi connectivity index (χ3v) is 3.54. The Morgan fingerprint density at radius 2 is 2.16 bits per heavy atom. The number of fused-ring (bicyclic) bond motifs is 1. The molecule has 1 heterocycles. The van der Waals surface area contributed by atoms with Gasteiger partial charge in [-0.3, -0.25) is 4.79 Å². The highest BCUT2D eigenvalue weighted by Gasteiger charge is 2.34. The molecule has 0 aromatic heterocycles. The number of benzene rings is 1. The number of ether oxygens (including phenoxy) is 1. The minimum absolute atomic E-state index is 0.157. The molecule has 1 amide bonds. The molecule has 0 atom stereocenters. The fourth-order valence-electron chi connectivity index (χ4n) is 2.03. The van der Waals surface area contributed by atoms with Gasteiger partial charge in [0.2, 0.25) is 0 Å². The number of anilines is 1. The number of halogens is 2. The molecule has 1 aliphatic heterocycles. The highest BCUT2D eigenvalue weighted by Crippen LogP contribution is 2.38. The first-order valence-corrected chi connectivity index (χ1v) is 6.58. The van der Waals surface area contributed by atoms with Gasteiger partial charge in [0.1, 0.15) is 5.82 Å². The van der Waals surface area contributed by atoms with Gasteiger partial charge in [-0.1, -0.05) is 15.9 Å². The molecular formula is C13H11BrFNO3. The van der Waals surface area contributed by atoms with Crippen LogP contribution in [0.3, 0.4) is 0 Å². The molecule has 19 heavy (non-hydrogen) atoms. The van der Waals surface area contributed by atoms with E-state index in [9.17, 15) is 14.0 Å². The molecule has 1 aliphatic rings.